The lowest BCUT2D eigenvalue weighted by molar-refractivity contribution is 0.123. The predicted molar refractivity (Wildman–Crippen MR) is 67.8 cm³/mol. The molecule has 1 aromatic carbocycles. The number of nitrogen functional groups attached to an aromatic ring is 1. The Morgan fingerprint density at radius 1 is 1.31 bits per heavy atom. The van der Waals surface area contributed by atoms with Gasteiger partial charge in [-0.25, -0.2) is 0 Å². The number of anilines is 1. The first-order chi connectivity index (χ1) is 7.59. The Morgan fingerprint density at radius 3 is 2.50 bits per heavy atom. The molecule has 90 valence electrons. The van der Waals surface area contributed by atoms with Gasteiger partial charge in [0.15, 0.2) is 0 Å². The SMILES string of the molecule is CC(C)COCCS(=O)c1ccc(N)cc1. The fraction of sp³-hybridized carbons (Fsp3) is 0.500. The molecule has 0 radical (unpaired) electrons. The lowest BCUT2D eigenvalue weighted by atomic mass is 10.2. The summed E-state index contributed by atoms with van der Waals surface area (Å²) in [6.07, 6.45) is 0. The van der Waals surface area contributed by atoms with Crippen molar-refractivity contribution in [2.45, 2.75) is 18.7 Å². The molecule has 0 aliphatic carbocycles. The number of benzene rings is 1. The van der Waals surface area contributed by atoms with Crippen LogP contribution in [0.15, 0.2) is 29.2 Å². The van der Waals surface area contributed by atoms with E-state index >= 15 is 0 Å². The predicted octanol–water partition coefficient (Wildman–Crippen LogP) is 2.05. The molecule has 0 saturated carbocycles. The van der Waals surface area contributed by atoms with Gasteiger partial charge in [0, 0.05) is 17.2 Å². The van der Waals surface area contributed by atoms with Crippen molar-refractivity contribution in [3.05, 3.63) is 24.3 Å². The maximum atomic E-state index is 11.8. The first kappa shape index (κ1) is 13.2. The molecular weight excluding hydrogens is 222 g/mol. The fourth-order valence-corrected chi connectivity index (χ4v) is 2.14. The Kier molecular flexibility index (Phi) is 5.49. The third kappa shape index (κ3) is 4.77. The van der Waals surface area contributed by atoms with Crippen LogP contribution in [-0.2, 0) is 15.5 Å². The maximum absolute atomic E-state index is 11.8. The standard InChI is InChI=1S/C12H19NO2S/c1-10(2)9-15-7-8-16(14)12-5-3-11(13)4-6-12/h3-6,10H,7-9,13H2,1-2H3. The third-order valence-corrected chi connectivity index (χ3v) is 3.34. The van der Waals surface area contributed by atoms with Crippen LogP contribution >= 0.6 is 0 Å². The Balaban J connectivity index is 2.32. The van der Waals surface area contributed by atoms with Gasteiger partial charge in [0.05, 0.1) is 23.2 Å². The molecule has 4 heteroatoms. The maximum Gasteiger partial charge on any atom is 0.0585 e. The van der Waals surface area contributed by atoms with Gasteiger partial charge in [0.1, 0.15) is 0 Å². The van der Waals surface area contributed by atoms with E-state index in [2.05, 4.69) is 13.8 Å². The van der Waals surface area contributed by atoms with Crippen molar-refractivity contribution in [3.8, 4) is 0 Å². The average Bonchev–Trinajstić information content (AvgIpc) is 2.25. The van der Waals surface area contributed by atoms with Crippen LogP contribution in [0.25, 0.3) is 0 Å². The van der Waals surface area contributed by atoms with Crippen LogP contribution in [0, 0.1) is 5.92 Å². The van der Waals surface area contributed by atoms with Crippen LogP contribution in [-0.4, -0.2) is 23.2 Å². The Bertz CT molecular complexity index is 335. The van der Waals surface area contributed by atoms with Gasteiger partial charge >= 0.3 is 0 Å². The molecule has 1 atom stereocenters. The minimum Gasteiger partial charge on any atom is -0.399 e. The van der Waals surface area contributed by atoms with E-state index in [0.29, 0.717) is 24.0 Å². The van der Waals surface area contributed by atoms with Crippen molar-refractivity contribution < 1.29 is 8.95 Å². The summed E-state index contributed by atoms with van der Waals surface area (Å²) in [5, 5.41) is 0. The topological polar surface area (TPSA) is 52.3 Å². The molecule has 0 aliphatic rings. The normalized spacial score (nSPS) is 12.9. The largest absolute Gasteiger partial charge is 0.399 e. The van der Waals surface area contributed by atoms with Crippen molar-refractivity contribution in [2.24, 2.45) is 5.92 Å². The van der Waals surface area contributed by atoms with Gasteiger partial charge in [0.2, 0.25) is 0 Å². The van der Waals surface area contributed by atoms with Crippen molar-refractivity contribution in [3.63, 3.8) is 0 Å². The van der Waals surface area contributed by atoms with Gasteiger partial charge in [-0.05, 0) is 30.2 Å². The summed E-state index contributed by atoms with van der Waals surface area (Å²) in [5.41, 5.74) is 6.25. The summed E-state index contributed by atoms with van der Waals surface area (Å²) in [5.74, 6) is 1.06. The highest BCUT2D eigenvalue weighted by molar-refractivity contribution is 7.85. The van der Waals surface area contributed by atoms with Crippen LogP contribution in [0.1, 0.15) is 13.8 Å². The van der Waals surface area contributed by atoms with E-state index in [9.17, 15) is 4.21 Å². The molecule has 0 heterocycles. The first-order valence-electron chi connectivity index (χ1n) is 5.41. The second kappa shape index (κ2) is 6.66. The van der Waals surface area contributed by atoms with Crippen LogP contribution in [0.3, 0.4) is 0 Å². The van der Waals surface area contributed by atoms with E-state index in [1.807, 2.05) is 0 Å². The van der Waals surface area contributed by atoms with Gasteiger partial charge < -0.3 is 10.5 Å². The molecule has 1 rings (SSSR count). The van der Waals surface area contributed by atoms with Gasteiger partial charge in [-0.3, -0.25) is 4.21 Å². The molecule has 1 unspecified atom stereocenters. The van der Waals surface area contributed by atoms with Gasteiger partial charge in [0.25, 0.3) is 0 Å². The van der Waals surface area contributed by atoms with E-state index in [1.54, 1.807) is 24.3 Å². The minimum atomic E-state index is -0.987. The molecule has 0 fully saturated rings. The molecule has 0 aliphatic heterocycles. The summed E-state index contributed by atoms with van der Waals surface area (Å²) in [6, 6.07) is 7.13. The molecule has 1 aromatic rings. The first-order valence-corrected chi connectivity index (χ1v) is 6.73. The summed E-state index contributed by atoms with van der Waals surface area (Å²) in [7, 11) is -0.987. The second-order valence-corrected chi connectivity index (χ2v) is 5.66. The van der Waals surface area contributed by atoms with Crippen molar-refractivity contribution in [1.82, 2.24) is 0 Å². The number of hydrogen-bond acceptors (Lipinski definition) is 3. The summed E-state index contributed by atoms with van der Waals surface area (Å²) < 4.78 is 17.2. The molecule has 16 heavy (non-hydrogen) atoms. The van der Waals surface area contributed by atoms with E-state index in [1.165, 1.54) is 0 Å². The Labute approximate surface area is 99.4 Å². The van der Waals surface area contributed by atoms with Gasteiger partial charge in [-0.15, -0.1) is 0 Å². The van der Waals surface area contributed by atoms with E-state index in [4.69, 9.17) is 10.5 Å². The molecule has 0 amide bonds. The number of rotatable bonds is 6. The van der Waals surface area contributed by atoms with Crippen LogP contribution in [0.5, 0.6) is 0 Å². The molecule has 0 aromatic heterocycles. The molecule has 3 nitrogen and oxygen atoms in total. The lowest BCUT2D eigenvalue weighted by Crippen LogP contribution is -2.09. The molecule has 2 N–H and O–H groups in total. The highest BCUT2D eigenvalue weighted by Crippen LogP contribution is 2.10. The van der Waals surface area contributed by atoms with Crippen molar-refractivity contribution in [1.29, 1.82) is 0 Å². The Morgan fingerprint density at radius 2 is 1.94 bits per heavy atom. The molecule has 0 saturated heterocycles. The summed E-state index contributed by atoms with van der Waals surface area (Å²) in [6.45, 7) is 5.45. The average molecular weight is 241 g/mol. The van der Waals surface area contributed by atoms with Gasteiger partial charge in [-0.1, -0.05) is 13.8 Å². The third-order valence-electron chi connectivity index (χ3n) is 2.01. The zero-order valence-electron chi connectivity index (χ0n) is 9.81. The van der Waals surface area contributed by atoms with E-state index in [0.717, 1.165) is 11.5 Å². The van der Waals surface area contributed by atoms with Crippen LogP contribution < -0.4 is 5.73 Å². The number of hydrogen-bond donors (Lipinski definition) is 1. The zero-order valence-corrected chi connectivity index (χ0v) is 10.6. The Hall–Kier alpha value is -0.870. The monoisotopic (exact) mass is 241 g/mol. The zero-order chi connectivity index (χ0) is 12.0. The van der Waals surface area contributed by atoms with Crippen LogP contribution in [0.4, 0.5) is 5.69 Å². The van der Waals surface area contributed by atoms with Crippen molar-refractivity contribution in [2.75, 3.05) is 24.7 Å². The summed E-state index contributed by atoms with van der Waals surface area (Å²) in [4.78, 5) is 0.808. The van der Waals surface area contributed by atoms with Crippen molar-refractivity contribution >= 4 is 16.5 Å². The molecule has 0 spiro atoms. The number of nitrogens with two attached hydrogens (primary N) is 1. The van der Waals surface area contributed by atoms with Crippen LogP contribution in [0.2, 0.25) is 0 Å². The minimum absolute atomic E-state index is 0.518. The quantitative estimate of drug-likeness (QED) is 0.612. The molecular formula is C12H19NO2S. The summed E-state index contributed by atoms with van der Waals surface area (Å²) >= 11 is 0. The molecule has 0 bridgehead atoms. The fourth-order valence-electron chi connectivity index (χ4n) is 1.19. The highest BCUT2D eigenvalue weighted by atomic mass is 32.2. The smallest absolute Gasteiger partial charge is 0.0585 e. The second-order valence-electron chi connectivity index (χ2n) is 4.09. The number of ether oxygens (including phenoxy) is 1. The van der Waals surface area contributed by atoms with E-state index < -0.39 is 10.8 Å². The van der Waals surface area contributed by atoms with Gasteiger partial charge in [-0.2, -0.15) is 0 Å². The lowest BCUT2D eigenvalue weighted by Gasteiger charge is -2.06. The highest BCUT2D eigenvalue weighted by Gasteiger charge is 2.03. The van der Waals surface area contributed by atoms with E-state index in [-0.39, 0.29) is 0 Å².